The van der Waals surface area contributed by atoms with Gasteiger partial charge in [-0.05, 0) is 29.8 Å². The topological polar surface area (TPSA) is 49.4 Å². The Labute approximate surface area is 168 Å². The second kappa shape index (κ2) is 7.90. The standard InChI is InChI=1S/C23H20N2O2S/c26-21(24-19-12-6-2-7-13-19)16-23(18-10-4-1-5-11-18)25(22(27)17-28-23)20-14-8-3-9-15-20/h1-15H,16-17H2,(H,24,26). The maximum Gasteiger partial charge on any atom is 0.238 e. The first-order valence-electron chi connectivity index (χ1n) is 9.11. The van der Waals surface area contributed by atoms with Gasteiger partial charge in [-0.3, -0.25) is 14.5 Å². The van der Waals surface area contributed by atoms with Crippen LogP contribution in [-0.2, 0) is 14.5 Å². The SMILES string of the molecule is O=C(CC1(c2ccccc2)SCC(=O)N1c1ccccc1)Nc1ccccc1. The lowest BCUT2D eigenvalue weighted by Crippen LogP contribution is -2.44. The molecule has 1 heterocycles. The van der Waals surface area contributed by atoms with Crippen LogP contribution in [0.5, 0.6) is 0 Å². The molecule has 0 spiro atoms. The lowest BCUT2D eigenvalue weighted by Gasteiger charge is -2.37. The first-order valence-corrected chi connectivity index (χ1v) is 10.1. The van der Waals surface area contributed by atoms with E-state index in [1.54, 1.807) is 4.90 Å². The van der Waals surface area contributed by atoms with Crippen LogP contribution < -0.4 is 10.2 Å². The smallest absolute Gasteiger partial charge is 0.238 e. The van der Waals surface area contributed by atoms with Crippen molar-refractivity contribution in [1.29, 1.82) is 0 Å². The molecule has 3 aromatic rings. The number of rotatable bonds is 5. The van der Waals surface area contributed by atoms with E-state index < -0.39 is 4.87 Å². The predicted octanol–water partition coefficient (Wildman–Crippen LogP) is 4.65. The van der Waals surface area contributed by atoms with E-state index in [0.29, 0.717) is 5.75 Å². The van der Waals surface area contributed by atoms with Gasteiger partial charge >= 0.3 is 0 Å². The van der Waals surface area contributed by atoms with Crippen LogP contribution in [0.4, 0.5) is 11.4 Å². The molecule has 1 aliphatic heterocycles. The van der Waals surface area contributed by atoms with Crippen molar-refractivity contribution in [3.63, 3.8) is 0 Å². The number of anilines is 2. The molecule has 1 N–H and O–H groups in total. The quantitative estimate of drug-likeness (QED) is 0.692. The second-order valence-corrected chi connectivity index (χ2v) is 7.85. The highest BCUT2D eigenvalue weighted by molar-refractivity contribution is 8.01. The Bertz CT molecular complexity index is 964. The number of carbonyl (C=O) groups excluding carboxylic acids is 2. The van der Waals surface area contributed by atoms with Gasteiger partial charge in [-0.2, -0.15) is 0 Å². The third-order valence-corrected chi connectivity index (χ3v) is 6.17. The van der Waals surface area contributed by atoms with Gasteiger partial charge in [0.05, 0.1) is 12.2 Å². The molecule has 1 aliphatic rings. The van der Waals surface area contributed by atoms with Gasteiger partial charge in [-0.15, -0.1) is 11.8 Å². The zero-order chi connectivity index (χ0) is 19.4. The molecule has 1 unspecified atom stereocenters. The Morgan fingerprint density at radius 3 is 2.11 bits per heavy atom. The normalized spacial score (nSPS) is 18.9. The summed E-state index contributed by atoms with van der Waals surface area (Å²) in [5.74, 6) is 0.216. The van der Waals surface area contributed by atoms with Crippen LogP contribution in [0.25, 0.3) is 0 Å². The van der Waals surface area contributed by atoms with E-state index in [1.807, 2.05) is 91.0 Å². The van der Waals surface area contributed by atoms with Gasteiger partial charge in [0.25, 0.3) is 0 Å². The van der Waals surface area contributed by atoms with Crippen LogP contribution in [-0.4, -0.2) is 17.6 Å². The number of amides is 2. The van der Waals surface area contributed by atoms with E-state index in [4.69, 9.17) is 0 Å². The molecule has 1 fully saturated rings. The lowest BCUT2D eigenvalue weighted by molar-refractivity contribution is -0.117. The maximum atomic E-state index is 13.0. The predicted molar refractivity (Wildman–Crippen MR) is 114 cm³/mol. The zero-order valence-corrected chi connectivity index (χ0v) is 16.1. The monoisotopic (exact) mass is 388 g/mol. The minimum Gasteiger partial charge on any atom is -0.326 e. The van der Waals surface area contributed by atoms with Crippen LogP contribution in [0.15, 0.2) is 91.0 Å². The van der Waals surface area contributed by atoms with Crippen LogP contribution in [0.2, 0.25) is 0 Å². The molecule has 0 bridgehead atoms. The summed E-state index contributed by atoms with van der Waals surface area (Å²) in [6.07, 6.45) is 0.164. The number of thioether (sulfide) groups is 1. The van der Waals surface area contributed by atoms with Crippen LogP contribution >= 0.6 is 11.8 Å². The van der Waals surface area contributed by atoms with Crippen LogP contribution in [0.3, 0.4) is 0 Å². The first kappa shape index (κ1) is 18.3. The highest BCUT2D eigenvalue weighted by atomic mass is 32.2. The Morgan fingerprint density at radius 1 is 0.893 bits per heavy atom. The molecule has 0 radical (unpaired) electrons. The van der Waals surface area contributed by atoms with Gasteiger partial charge in [-0.25, -0.2) is 0 Å². The van der Waals surface area contributed by atoms with E-state index in [0.717, 1.165) is 16.9 Å². The summed E-state index contributed by atoms with van der Waals surface area (Å²) in [5.41, 5.74) is 2.49. The fourth-order valence-corrected chi connectivity index (χ4v) is 4.89. The van der Waals surface area contributed by atoms with Crippen molar-refractivity contribution in [2.45, 2.75) is 11.3 Å². The van der Waals surface area contributed by atoms with Crippen molar-refractivity contribution in [3.8, 4) is 0 Å². The van der Waals surface area contributed by atoms with E-state index in [9.17, 15) is 9.59 Å². The molecule has 5 heteroatoms. The molecular formula is C23H20N2O2S. The van der Waals surface area contributed by atoms with Crippen molar-refractivity contribution < 1.29 is 9.59 Å². The summed E-state index contributed by atoms with van der Waals surface area (Å²) in [5, 5.41) is 2.96. The van der Waals surface area contributed by atoms with Crippen LogP contribution in [0.1, 0.15) is 12.0 Å². The molecular weight excluding hydrogens is 368 g/mol. The summed E-state index contributed by atoms with van der Waals surface area (Å²) in [4.78, 5) is 26.8. The fourth-order valence-electron chi connectivity index (χ4n) is 3.53. The Balaban J connectivity index is 1.73. The molecule has 28 heavy (non-hydrogen) atoms. The molecule has 0 aliphatic carbocycles. The summed E-state index contributed by atoms with van der Waals surface area (Å²) in [7, 11) is 0. The number of nitrogens with one attached hydrogen (secondary N) is 1. The average Bonchev–Trinajstić information content (AvgIpc) is 3.07. The van der Waals surface area contributed by atoms with Gasteiger partial charge in [0.2, 0.25) is 11.8 Å². The first-order chi connectivity index (χ1) is 13.7. The number of hydrogen-bond donors (Lipinski definition) is 1. The van der Waals surface area contributed by atoms with E-state index in [-0.39, 0.29) is 18.2 Å². The molecule has 0 aromatic heterocycles. The number of hydrogen-bond acceptors (Lipinski definition) is 3. The molecule has 0 saturated carbocycles. The zero-order valence-electron chi connectivity index (χ0n) is 15.2. The fraction of sp³-hybridized carbons (Fsp3) is 0.130. The number of nitrogens with zero attached hydrogens (tertiary/aromatic N) is 1. The molecule has 1 saturated heterocycles. The van der Waals surface area contributed by atoms with E-state index in [2.05, 4.69) is 5.32 Å². The molecule has 4 nitrogen and oxygen atoms in total. The van der Waals surface area contributed by atoms with Gasteiger partial charge in [0.15, 0.2) is 0 Å². The number of carbonyl (C=O) groups is 2. The Morgan fingerprint density at radius 2 is 1.46 bits per heavy atom. The Kier molecular flexibility index (Phi) is 5.17. The summed E-state index contributed by atoms with van der Waals surface area (Å²) in [6, 6.07) is 28.7. The van der Waals surface area contributed by atoms with E-state index in [1.165, 1.54) is 11.8 Å². The van der Waals surface area contributed by atoms with Gasteiger partial charge < -0.3 is 5.32 Å². The molecule has 3 aromatic carbocycles. The lowest BCUT2D eigenvalue weighted by atomic mass is 9.99. The Hall–Kier alpha value is -3.05. The summed E-state index contributed by atoms with van der Waals surface area (Å²) >= 11 is 1.51. The maximum absolute atomic E-state index is 13.0. The third kappa shape index (κ3) is 3.53. The van der Waals surface area contributed by atoms with Crippen molar-refractivity contribution in [2.75, 3.05) is 16.0 Å². The van der Waals surface area contributed by atoms with Gasteiger partial charge in [0.1, 0.15) is 4.87 Å². The minimum atomic E-state index is -0.779. The van der Waals surface area contributed by atoms with Gasteiger partial charge in [0, 0.05) is 11.4 Å². The summed E-state index contributed by atoms with van der Waals surface area (Å²) < 4.78 is 0. The largest absolute Gasteiger partial charge is 0.326 e. The number of para-hydroxylation sites is 2. The molecule has 2 amide bonds. The molecule has 1 atom stereocenters. The highest BCUT2D eigenvalue weighted by Gasteiger charge is 2.49. The van der Waals surface area contributed by atoms with Crippen molar-refractivity contribution in [1.82, 2.24) is 0 Å². The van der Waals surface area contributed by atoms with Gasteiger partial charge in [-0.1, -0.05) is 66.7 Å². The minimum absolute atomic E-state index is 0.00700. The van der Waals surface area contributed by atoms with Crippen molar-refractivity contribution in [2.24, 2.45) is 0 Å². The molecule has 4 rings (SSSR count). The van der Waals surface area contributed by atoms with Crippen LogP contribution in [0, 0.1) is 0 Å². The molecule has 140 valence electrons. The second-order valence-electron chi connectivity index (χ2n) is 6.59. The third-order valence-electron chi connectivity index (χ3n) is 4.74. The van der Waals surface area contributed by atoms with Crippen molar-refractivity contribution in [3.05, 3.63) is 96.6 Å². The number of benzene rings is 3. The summed E-state index contributed by atoms with van der Waals surface area (Å²) in [6.45, 7) is 0. The highest BCUT2D eigenvalue weighted by Crippen LogP contribution is 2.50. The van der Waals surface area contributed by atoms with E-state index >= 15 is 0 Å². The van der Waals surface area contributed by atoms with Crippen molar-refractivity contribution >= 4 is 35.0 Å². The average molecular weight is 388 g/mol.